The molecule has 0 aliphatic carbocycles. The molecule has 0 unspecified atom stereocenters. The van der Waals surface area contributed by atoms with Crippen LogP contribution in [0.2, 0.25) is 0 Å². The van der Waals surface area contributed by atoms with Gasteiger partial charge in [0, 0.05) is 76.8 Å². The van der Waals surface area contributed by atoms with Crippen LogP contribution in [-0.4, -0.2) is 28.4 Å². The van der Waals surface area contributed by atoms with E-state index in [9.17, 15) is 0 Å². The number of benzene rings is 8. The summed E-state index contributed by atoms with van der Waals surface area (Å²) >= 11 is 0. The first-order valence-corrected chi connectivity index (χ1v) is 21.3. The van der Waals surface area contributed by atoms with E-state index in [0.717, 1.165) is 111 Å². The molecule has 0 atom stereocenters. The molecule has 0 fully saturated rings. The summed E-state index contributed by atoms with van der Waals surface area (Å²) in [7, 11) is 6.68. The summed E-state index contributed by atoms with van der Waals surface area (Å²) in [6.45, 7) is 13.5. The van der Waals surface area contributed by atoms with Crippen molar-refractivity contribution in [2.45, 2.75) is 52.4 Å². The zero-order valence-corrected chi connectivity index (χ0v) is 38.2. The van der Waals surface area contributed by atoms with Crippen LogP contribution in [0.1, 0.15) is 97.2 Å². The lowest BCUT2D eigenvalue weighted by Gasteiger charge is -2.26. The zero-order valence-electron chi connectivity index (χ0n) is 38.2. The van der Waals surface area contributed by atoms with Gasteiger partial charge < -0.3 is 18.9 Å². The Balaban J connectivity index is 1.58. The highest BCUT2D eigenvalue weighted by atomic mass is 16.5. The third-order valence-electron chi connectivity index (χ3n) is 11.5. The van der Waals surface area contributed by atoms with Crippen LogP contribution in [0.4, 0.5) is 0 Å². The average molecular weight is 835 g/mol. The van der Waals surface area contributed by atoms with Crippen LogP contribution < -0.4 is 18.9 Å². The van der Waals surface area contributed by atoms with Gasteiger partial charge in [-0.15, -0.1) is 0 Å². The van der Waals surface area contributed by atoms with Crippen LogP contribution in [0.5, 0.6) is 23.0 Å². The normalized spacial score (nSPS) is 11.1. The Morgan fingerprint density at radius 3 is 0.672 bits per heavy atom. The first kappa shape index (κ1) is 42.9. The second-order valence-electron chi connectivity index (χ2n) is 17.8. The van der Waals surface area contributed by atoms with Gasteiger partial charge in [0.15, 0.2) is 0 Å². The van der Waals surface area contributed by atoms with Gasteiger partial charge in [0.05, 0.1) is 28.4 Å². The van der Waals surface area contributed by atoms with Crippen LogP contribution in [0.25, 0.3) is 32.3 Å². The molecule has 0 aromatic heterocycles. The summed E-state index contributed by atoms with van der Waals surface area (Å²) in [5.74, 6) is 32.0. The molecule has 0 aliphatic rings. The molecule has 0 N–H and O–H groups in total. The highest BCUT2D eigenvalue weighted by molar-refractivity contribution is 6.29. The lowest BCUT2D eigenvalue weighted by molar-refractivity contribution is 0.414. The maximum atomic E-state index is 5.48. The summed E-state index contributed by atoms with van der Waals surface area (Å²) in [6.07, 6.45) is 0. The number of methoxy groups -OCH3 is 4. The van der Waals surface area contributed by atoms with Crippen LogP contribution in [0, 0.1) is 47.4 Å². The van der Waals surface area contributed by atoms with Crippen molar-refractivity contribution >= 4 is 32.3 Å². The van der Waals surface area contributed by atoms with Crippen molar-refractivity contribution in [1.29, 1.82) is 0 Å². The quantitative estimate of drug-likeness (QED) is 0.131. The molecule has 0 radical (unpaired) electrons. The van der Waals surface area contributed by atoms with Crippen LogP contribution >= 0.6 is 0 Å². The Labute approximate surface area is 377 Å². The number of hydrogen-bond acceptors (Lipinski definition) is 4. The minimum absolute atomic E-state index is 0.227. The van der Waals surface area contributed by atoms with Gasteiger partial charge >= 0.3 is 0 Å². The largest absolute Gasteiger partial charge is 0.497 e. The Hall–Kier alpha value is -7.76. The average Bonchev–Trinajstić information content (AvgIpc) is 3.30. The van der Waals surface area contributed by atoms with Crippen molar-refractivity contribution in [3.63, 3.8) is 0 Å². The number of hydrogen-bond donors (Lipinski definition) is 0. The lowest BCUT2D eigenvalue weighted by atomic mass is 9.76. The third-order valence-corrected chi connectivity index (χ3v) is 11.5. The molecule has 8 aromatic rings. The molecule has 0 spiro atoms. The van der Waals surface area contributed by atoms with Crippen molar-refractivity contribution in [3.05, 3.63) is 177 Å². The van der Waals surface area contributed by atoms with Gasteiger partial charge in [-0.25, -0.2) is 0 Å². The Kier molecular flexibility index (Phi) is 11.8. The van der Waals surface area contributed by atoms with Crippen LogP contribution in [0.3, 0.4) is 0 Å². The maximum absolute atomic E-state index is 5.48. The molecule has 4 heteroatoms. The van der Waals surface area contributed by atoms with Crippen molar-refractivity contribution in [2.24, 2.45) is 0 Å². The summed E-state index contributed by atoms with van der Waals surface area (Å²) in [5.41, 5.74) is 8.76. The van der Waals surface area contributed by atoms with Gasteiger partial charge in [0.1, 0.15) is 23.0 Å². The van der Waals surface area contributed by atoms with Gasteiger partial charge in [-0.05, 0) is 143 Å². The predicted octanol–water partition coefficient (Wildman–Crippen LogP) is 12.8. The van der Waals surface area contributed by atoms with E-state index in [0.29, 0.717) is 0 Å². The Bertz CT molecular complexity index is 2860. The van der Waals surface area contributed by atoms with Gasteiger partial charge in [-0.2, -0.15) is 0 Å². The van der Waals surface area contributed by atoms with E-state index in [-0.39, 0.29) is 10.8 Å². The summed E-state index contributed by atoms with van der Waals surface area (Å²) < 4.78 is 21.9. The molecule has 0 bridgehead atoms. The maximum Gasteiger partial charge on any atom is 0.118 e. The highest BCUT2D eigenvalue weighted by Gasteiger charge is 2.27. The summed E-state index contributed by atoms with van der Waals surface area (Å²) in [6, 6.07) is 40.7. The van der Waals surface area contributed by atoms with E-state index in [1.54, 1.807) is 28.4 Å². The van der Waals surface area contributed by atoms with E-state index >= 15 is 0 Å². The van der Waals surface area contributed by atoms with Gasteiger partial charge in [-0.1, -0.05) is 88.9 Å². The fourth-order valence-electron chi connectivity index (χ4n) is 7.77. The fraction of sp³-hybridized carbons (Fsp3) is 0.200. The minimum Gasteiger partial charge on any atom is -0.497 e. The minimum atomic E-state index is -0.227. The van der Waals surface area contributed by atoms with Crippen LogP contribution in [0.15, 0.2) is 121 Å². The van der Waals surface area contributed by atoms with Crippen molar-refractivity contribution in [3.8, 4) is 70.4 Å². The van der Waals surface area contributed by atoms with E-state index in [1.165, 1.54) is 0 Å². The second-order valence-corrected chi connectivity index (χ2v) is 17.8. The molecule has 0 heterocycles. The van der Waals surface area contributed by atoms with Crippen molar-refractivity contribution in [2.75, 3.05) is 28.4 Å². The first-order valence-electron chi connectivity index (χ1n) is 21.3. The number of rotatable bonds is 4. The molecular formula is C60H50O4. The molecule has 314 valence electrons. The van der Waals surface area contributed by atoms with Gasteiger partial charge in [-0.3, -0.25) is 0 Å². The van der Waals surface area contributed by atoms with Crippen molar-refractivity contribution < 1.29 is 18.9 Å². The standard InChI is InChI=1S/C60H50O4/c1-59(2,3)43-35-53-49(31-19-39-11-23-45(61-7)24-12-39)51(33-21-41-15-27-47(63-9)28-16-41)55-37-44(60(4,5)6)38-56-52(34-22-42-17-29-48(64-10)30-18-42)50(54(36-43)57(53)58(55)56)32-20-40-13-25-46(62-8)26-14-40/h11-18,23-30,35-38H,1-10H3. The lowest BCUT2D eigenvalue weighted by Crippen LogP contribution is -2.13. The molecular weight excluding hydrogens is 785 g/mol. The smallest absolute Gasteiger partial charge is 0.118 e. The van der Waals surface area contributed by atoms with Crippen molar-refractivity contribution in [1.82, 2.24) is 0 Å². The van der Waals surface area contributed by atoms with E-state index in [2.05, 4.69) is 113 Å². The molecule has 4 nitrogen and oxygen atoms in total. The molecule has 0 amide bonds. The first-order chi connectivity index (χ1) is 30.8. The topological polar surface area (TPSA) is 36.9 Å². The second kappa shape index (κ2) is 17.5. The monoisotopic (exact) mass is 834 g/mol. The Morgan fingerprint density at radius 1 is 0.297 bits per heavy atom. The number of ether oxygens (including phenoxy) is 4. The molecule has 0 aliphatic heterocycles. The van der Waals surface area contributed by atoms with E-state index in [4.69, 9.17) is 18.9 Å². The van der Waals surface area contributed by atoms with E-state index in [1.807, 2.05) is 97.1 Å². The van der Waals surface area contributed by atoms with Crippen LogP contribution in [-0.2, 0) is 10.8 Å². The predicted molar refractivity (Wildman–Crippen MR) is 263 cm³/mol. The molecule has 0 saturated heterocycles. The summed E-state index contributed by atoms with van der Waals surface area (Å²) in [5, 5.41) is 6.25. The molecule has 64 heavy (non-hydrogen) atoms. The summed E-state index contributed by atoms with van der Waals surface area (Å²) in [4.78, 5) is 0. The van der Waals surface area contributed by atoms with E-state index < -0.39 is 0 Å². The van der Waals surface area contributed by atoms with Gasteiger partial charge in [0.2, 0.25) is 0 Å². The third kappa shape index (κ3) is 8.79. The molecule has 8 aromatic carbocycles. The fourth-order valence-corrected chi connectivity index (χ4v) is 7.77. The van der Waals surface area contributed by atoms with Gasteiger partial charge in [0.25, 0.3) is 0 Å². The SMILES string of the molecule is COc1ccc(C#Cc2c(C#Cc3ccc(OC)cc3)c3cc(C(C)(C)C)cc4c(C#Cc5ccc(OC)cc5)c(C#Cc5ccc(OC)cc5)c5cc(C(C)(C)C)cc2c5c34)cc1. The Morgan fingerprint density at radius 2 is 0.500 bits per heavy atom. The zero-order chi connectivity index (χ0) is 45.2. The molecule has 0 saturated carbocycles. The molecule has 8 rings (SSSR count). The highest BCUT2D eigenvalue weighted by Crippen LogP contribution is 2.46.